The fraction of sp³-hybridized carbons (Fsp3) is 0.500. The fourth-order valence-corrected chi connectivity index (χ4v) is 2.65. The first-order valence-corrected chi connectivity index (χ1v) is 8.80. The van der Waals surface area contributed by atoms with Gasteiger partial charge in [-0.05, 0) is 29.5 Å². The maximum atomic E-state index is 13.3. The maximum absolute atomic E-state index is 13.3. The van der Waals surface area contributed by atoms with Gasteiger partial charge in [-0.2, -0.15) is 21.6 Å². The highest BCUT2D eigenvalue weighted by Crippen LogP contribution is 2.35. The van der Waals surface area contributed by atoms with Crippen LogP contribution in [0.5, 0.6) is 0 Å². The van der Waals surface area contributed by atoms with Gasteiger partial charge in [0.05, 0.1) is 17.9 Å². The van der Waals surface area contributed by atoms with E-state index in [1.165, 1.54) is 19.1 Å². The SMILES string of the molecule is CC(/C=C(\c1ccc(C(C)(C)C)cc1)C(F)(F)F)OS(C)(=O)=O. The number of hydrogen-bond acceptors (Lipinski definition) is 3. The van der Waals surface area contributed by atoms with Gasteiger partial charge in [0, 0.05) is 0 Å². The van der Waals surface area contributed by atoms with Gasteiger partial charge < -0.3 is 0 Å². The van der Waals surface area contributed by atoms with E-state index >= 15 is 0 Å². The lowest BCUT2D eigenvalue weighted by Crippen LogP contribution is -2.17. The summed E-state index contributed by atoms with van der Waals surface area (Å²) in [6, 6.07) is 6.04. The molecule has 3 nitrogen and oxygen atoms in total. The Kier molecular flexibility index (Phi) is 5.70. The molecule has 130 valence electrons. The quantitative estimate of drug-likeness (QED) is 0.761. The molecule has 0 amide bonds. The molecule has 23 heavy (non-hydrogen) atoms. The van der Waals surface area contributed by atoms with Crippen LogP contribution in [0, 0.1) is 0 Å². The van der Waals surface area contributed by atoms with Gasteiger partial charge in [-0.25, -0.2) is 0 Å². The van der Waals surface area contributed by atoms with Crippen molar-refractivity contribution in [2.45, 2.75) is 45.4 Å². The Balaban J connectivity index is 3.23. The van der Waals surface area contributed by atoms with Gasteiger partial charge in [0.1, 0.15) is 0 Å². The van der Waals surface area contributed by atoms with Gasteiger partial charge in [-0.3, -0.25) is 4.18 Å². The van der Waals surface area contributed by atoms with E-state index in [-0.39, 0.29) is 11.0 Å². The molecule has 0 saturated carbocycles. The third-order valence-corrected chi connectivity index (χ3v) is 3.75. The van der Waals surface area contributed by atoms with Gasteiger partial charge in [-0.1, -0.05) is 45.0 Å². The van der Waals surface area contributed by atoms with Crippen LogP contribution in [0.15, 0.2) is 30.3 Å². The highest BCUT2D eigenvalue weighted by molar-refractivity contribution is 7.86. The monoisotopic (exact) mass is 350 g/mol. The van der Waals surface area contributed by atoms with Crippen LogP contribution in [-0.2, 0) is 19.7 Å². The van der Waals surface area contributed by atoms with E-state index in [2.05, 4.69) is 4.18 Å². The number of benzene rings is 1. The molecule has 0 saturated heterocycles. The van der Waals surface area contributed by atoms with Crippen molar-refractivity contribution in [1.29, 1.82) is 0 Å². The highest BCUT2D eigenvalue weighted by atomic mass is 32.2. The first kappa shape index (κ1) is 19.7. The Hall–Kier alpha value is -1.34. The average Bonchev–Trinajstić information content (AvgIpc) is 2.31. The van der Waals surface area contributed by atoms with Crippen molar-refractivity contribution in [3.63, 3.8) is 0 Å². The molecule has 1 aromatic carbocycles. The summed E-state index contributed by atoms with van der Waals surface area (Å²) in [5.41, 5.74) is -0.223. The number of rotatable bonds is 4. The second-order valence-corrected chi connectivity index (χ2v) is 8.01. The largest absolute Gasteiger partial charge is 0.416 e. The summed E-state index contributed by atoms with van der Waals surface area (Å²) in [5.74, 6) is 0. The lowest BCUT2D eigenvalue weighted by molar-refractivity contribution is -0.0694. The maximum Gasteiger partial charge on any atom is 0.416 e. The molecule has 7 heteroatoms. The van der Waals surface area contributed by atoms with Crippen molar-refractivity contribution in [3.05, 3.63) is 41.5 Å². The molecule has 1 rings (SSSR count). The Morgan fingerprint density at radius 1 is 1.13 bits per heavy atom. The summed E-state index contributed by atoms with van der Waals surface area (Å²) in [7, 11) is -3.83. The predicted octanol–water partition coefficient (Wildman–Crippen LogP) is 4.29. The van der Waals surface area contributed by atoms with E-state index in [1.54, 1.807) is 12.1 Å². The van der Waals surface area contributed by atoms with Gasteiger partial charge in [0.15, 0.2) is 0 Å². The average molecular weight is 350 g/mol. The fourth-order valence-electron chi connectivity index (χ4n) is 2.04. The Morgan fingerprint density at radius 2 is 1.61 bits per heavy atom. The molecule has 0 aliphatic carbocycles. The van der Waals surface area contributed by atoms with Crippen LogP contribution in [0.2, 0.25) is 0 Å². The van der Waals surface area contributed by atoms with Gasteiger partial charge in [-0.15, -0.1) is 0 Å². The minimum absolute atomic E-state index is 0.0329. The molecule has 0 heterocycles. The van der Waals surface area contributed by atoms with Crippen LogP contribution in [0.1, 0.15) is 38.8 Å². The van der Waals surface area contributed by atoms with Crippen LogP contribution in [0.25, 0.3) is 5.57 Å². The molecule has 0 spiro atoms. The molecule has 1 aromatic rings. The summed E-state index contributed by atoms with van der Waals surface area (Å²) in [4.78, 5) is 0. The van der Waals surface area contributed by atoms with Crippen molar-refractivity contribution in [1.82, 2.24) is 0 Å². The summed E-state index contributed by atoms with van der Waals surface area (Å²) >= 11 is 0. The zero-order chi connectivity index (χ0) is 18.1. The van der Waals surface area contributed by atoms with E-state index in [4.69, 9.17) is 0 Å². The number of hydrogen-bond donors (Lipinski definition) is 0. The minimum Gasteiger partial charge on any atom is -0.263 e. The number of alkyl halides is 3. The molecule has 0 aromatic heterocycles. The normalized spacial score (nSPS) is 15.6. The third-order valence-electron chi connectivity index (χ3n) is 3.10. The van der Waals surface area contributed by atoms with Crippen molar-refractivity contribution >= 4 is 15.7 Å². The molecule has 0 aliphatic rings. The Morgan fingerprint density at radius 3 is 1.96 bits per heavy atom. The molecule has 0 N–H and O–H groups in total. The lowest BCUT2D eigenvalue weighted by atomic mass is 9.86. The summed E-state index contributed by atoms with van der Waals surface area (Å²) in [6.07, 6.45) is -4.27. The molecule has 0 bridgehead atoms. The van der Waals surface area contributed by atoms with E-state index in [0.29, 0.717) is 0 Å². The van der Waals surface area contributed by atoms with Crippen molar-refractivity contribution < 1.29 is 25.8 Å². The van der Waals surface area contributed by atoms with Crippen LogP contribution in [-0.4, -0.2) is 27.0 Å². The first-order valence-electron chi connectivity index (χ1n) is 6.98. The Bertz CT molecular complexity index is 666. The second kappa shape index (κ2) is 6.65. The number of halogens is 3. The highest BCUT2D eigenvalue weighted by Gasteiger charge is 2.35. The van der Waals surface area contributed by atoms with E-state index in [0.717, 1.165) is 17.9 Å². The first-order chi connectivity index (χ1) is 10.2. The topological polar surface area (TPSA) is 43.4 Å². The summed E-state index contributed by atoms with van der Waals surface area (Å²) < 4.78 is 66.4. The van der Waals surface area contributed by atoms with Gasteiger partial charge in [0.25, 0.3) is 10.1 Å². The van der Waals surface area contributed by atoms with Gasteiger partial charge >= 0.3 is 6.18 Å². The van der Waals surface area contributed by atoms with Crippen molar-refractivity contribution in [3.8, 4) is 0 Å². The second-order valence-electron chi connectivity index (χ2n) is 6.41. The summed E-state index contributed by atoms with van der Waals surface area (Å²) in [5, 5.41) is 0. The molecule has 0 fully saturated rings. The standard InChI is InChI=1S/C16H21F3O3S/c1-11(22-23(5,20)21)10-14(16(17,18)19)12-6-8-13(9-7-12)15(2,3)4/h6-11H,1-5H3/b14-10+. The van der Waals surface area contributed by atoms with E-state index < -0.39 is 28.0 Å². The third kappa shape index (κ3) is 6.35. The van der Waals surface area contributed by atoms with Crippen LogP contribution in [0.4, 0.5) is 13.2 Å². The predicted molar refractivity (Wildman–Crippen MR) is 84.6 cm³/mol. The van der Waals surface area contributed by atoms with Crippen LogP contribution >= 0.6 is 0 Å². The lowest BCUT2D eigenvalue weighted by Gasteiger charge is -2.20. The van der Waals surface area contributed by atoms with Crippen molar-refractivity contribution in [2.24, 2.45) is 0 Å². The molecule has 0 aliphatic heterocycles. The smallest absolute Gasteiger partial charge is 0.263 e. The molecule has 1 atom stereocenters. The molecule has 0 radical (unpaired) electrons. The van der Waals surface area contributed by atoms with Crippen LogP contribution in [0.3, 0.4) is 0 Å². The molecular formula is C16H21F3O3S. The zero-order valence-electron chi connectivity index (χ0n) is 13.7. The molecular weight excluding hydrogens is 329 g/mol. The molecule has 1 unspecified atom stereocenters. The number of allylic oxidation sites excluding steroid dienone is 1. The Labute approximate surface area is 135 Å². The summed E-state index contributed by atoms with van der Waals surface area (Å²) in [6.45, 7) is 7.13. The van der Waals surface area contributed by atoms with Crippen molar-refractivity contribution in [2.75, 3.05) is 6.26 Å². The minimum atomic E-state index is -4.61. The van der Waals surface area contributed by atoms with E-state index in [9.17, 15) is 21.6 Å². The van der Waals surface area contributed by atoms with Gasteiger partial charge in [0.2, 0.25) is 0 Å². The zero-order valence-corrected chi connectivity index (χ0v) is 14.5. The van der Waals surface area contributed by atoms with Crippen LogP contribution < -0.4 is 0 Å². The van der Waals surface area contributed by atoms with E-state index in [1.807, 2.05) is 20.8 Å².